The SMILES string of the molecule is Cc1cc(N)cc(C(=O)OCCOCC(F)(F)F)c1F. The summed E-state index contributed by atoms with van der Waals surface area (Å²) in [5.41, 5.74) is 5.46. The van der Waals surface area contributed by atoms with Crippen LogP contribution in [0.1, 0.15) is 15.9 Å². The molecule has 0 saturated carbocycles. The molecule has 2 N–H and O–H groups in total. The Morgan fingerprint density at radius 1 is 1.30 bits per heavy atom. The minimum Gasteiger partial charge on any atom is -0.460 e. The number of rotatable bonds is 5. The highest BCUT2D eigenvalue weighted by atomic mass is 19.4. The number of hydrogen-bond donors (Lipinski definition) is 1. The van der Waals surface area contributed by atoms with Crippen LogP contribution >= 0.6 is 0 Å². The molecule has 0 aliphatic rings. The van der Waals surface area contributed by atoms with Gasteiger partial charge in [0.2, 0.25) is 0 Å². The number of nitrogen functional groups attached to an aromatic ring is 1. The minimum atomic E-state index is -4.44. The first-order valence-corrected chi connectivity index (χ1v) is 5.58. The van der Waals surface area contributed by atoms with E-state index in [1.165, 1.54) is 13.0 Å². The Morgan fingerprint density at radius 2 is 1.95 bits per heavy atom. The van der Waals surface area contributed by atoms with Crippen LogP contribution in [0.2, 0.25) is 0 Å². The van der Waals surface area contributed by atoms with Crippen molar-refractivity contribution in [2.24, 2.45) is 0 Å². The monoisotopic (exact) mass is 295 g/mol. The number of anilines is 1. The predicted molar refractivity (Wildman–Crippen MR) is 62.7 cm³/mol. The minimum absolute atomic E-state index is 0.172. The van der Waals surface area contributed by atoms with Gasteiger partial charge < -0.3 is 15.2 Å². The third kappa shape index (κ3) is 5.04. The second kappa shape index (κ2) is 6.56. The smallest absolute Gasteiger partial charge is 0.411 e. The number of aryl methyl sites for hydroxylation is 1. The predicted octanol–water partition coefficient (Wildman–Crippen LogP) is 2.45. The van der Waals surface area contributed by atoms with Gasteiger partial charge in [-0.1, -0.05) is 0 Å². The van der Waals surface area contributed by atoms with Gasteiger partial charge in [0.05, 0.1) is 12.2 Å². The van der Waals surface area contributed by atoms with E-state index in [2.05, 4.69) is 9.47 Å². The van der Waals surface area contributed by atoms with Gasteiger partial charge in [-0.3, -0.25) is 0 Å². The van der Waals surface area contributed by atoms with E-state index < -0.39 is 37.8 Å². The van der Waals surface area contributed by atoms with Crippen molar-refractivity contribution in [3.05, 3.63) is 29.1 Å². The topological polar surface area (TPSA) is 61.6 Å². The van der Waals surface area contributed by atoms with Gasteiger partial charge in [0.15, 0.2) is 0 Å². The Kier molecular flexibility index (Phi) is 5.32. The highest BCUT2D eigenvalue weighted by molar-refractivity contribution is 5.91. The van der Waals surface area contributed by atoms with E-state index in [0.717, 1.165) is 6.07 Å². The largest absolute Gasteiger partial charge is 0.460 e. The number of alkyl halides is 3. The first-order valence-electron chi connectivity index (χ1n) is 5.58. The number of carbonyl (C=O) groups is 1. The van der Waals surface area contributed by atoms with E-state index in [0.29, 0.717) is 0 Å². The van der Waals surface area contributed by atoms with Crippen LogP contribution in [0.3, 0.4) is 0 Å². The van der Waals surface area contributed by atoms with E-state index in [1.807, 2.05) is 0 Å². The van der Waals surface area contributed by atoms with Crippen LogP contribution in [-0.2, 0) is 9.47 Å². The third-order valence-electron chi connectivity index (χ3n) is 2.22. The summed E-state index contributed by atoms with van der Waals surface area (Å²) in [7, 11) is 0. The van der Waals surface area contributed by atoms with E-state index >= 15 is 0 Å². The Hall–Kier alpha value is -1.83. The van der Waals surface area contributed by atoms with E-state index in [1.54, 1.807) is 0 Å². The molecule has 0 atom stereocenters. The number of hydrogen-bond acceptors (Lipinski definition) is 4. The molecule has 0 bridgehead atoms. The molecule has 0 aliphatic heterocycles. The summed E-state index contributed by atoms with van der Waals surface area (Å²) in [5, 5.41) is 0. The van der Waals surface area contributed by atoms with Gasteiger partial charge in [-0.05, 0) is 24.6 Å². The second-order valence-corrected chi connectivity index (χ2v) is 4.00. The van der Waals surface area contributed by atoms with Crippen molar-refractivity contribution in [1.82, 2.24) is 0 Å². The van der Waals surface area contributed by atoms with Crippen LogP contribution in [0, 0.1) is 12.7 Å². The standard InChI is InChI=1S/C12H13F4NO3/c1-7-4-8(17)5-9(10(7)13)11(18)20-3-2-19-6-12(14,15)16/h4-5H,2-3,6,17H2,1H3. The number of nitrogens with two attached hydrogens (primary N) is 1. The number of ether oxygens (including phenoxy) is 2. The van der Waals surface area contributed by atoms with Gasteiger partial charge >= 0.3 is 12.1 Å². The lowest BCUT2D eigenvalue weighted by atomic mass is 10.1. The Morgan fingerprint density at radius 3 is 2.55 bits per heavy atom. The van der Waals surface area contributed by atoms with Crippen LogP contribution in [0.5, 0.6) is 0 Å². The molecule has 8 heteroatoms. The molecule has 1 aromatic rings. The zero-order valence-electron chi connectivity index (χ0n) is 10.6. The molecule has 1 aromatic carbocycles. The normalized spacial score (nSPS) is 11.4. The average Bonchev–Trinajstić information content (AvgIpc) is 2.31. The molecule has 0 spiro atoms. The Bertz CT molecular complexity index is 488. The zero-order chi connectivity index (χ0) is 15.3. The van der Waals surface area contributed by atoms with Gasteiger partial charge in [-0.2, -0.15) is 13.2 Å². The fraction of sp³-hybridized carbons (Fsp3) is 0.417. The van der Waals surface area contributed by atoms with Crippen molar-refractivity contribution in [3.8, 4) is 0 Å². The van der Waals surface area contributed by atoms with Crippen molar-refractivity contribution in [1.29, 1.82) is 0 Å². The van der Waals surface area contributed by atoms with Crippen LogP contribution in [0.25, 0.3) is 0 Å². The van der Waals surface area contributed by atoms with Crippen LogP contribution < -0.4 is 5.73 Å². The molecular weight excluding hydrogens is 282 g/mol. The van der Waals surface area contributed by atoms with E-state index in [4.69, 9.17) is 5.73 Å². The first-order chi connectivity index (χ1) is 9.20. The number of halogens is 4. The van der Waals surface area contributed by atoms with Crippen molar-refractivity contribution in [2.75, 3.05) is 25.6 Å². The molecule has 112 valence electrons. The van der Waals surface area contributed by atoms with Gasteiger partial charge in [0.25, 0.3) is 0 Å². The molecular formula is C12H13F4NO3. The lowest BCUT2D eigenvalue weighted by Crippen LogP contribution is -2.20. The molecule has 20 heavy (non-hydrogen) atoms. The third-order valence-corrected chi connectivity index (χ3v) is 2.22. The number of esters is 1. The molecule has 0 amide bonds. The summed E-state index contributed by atoms with van der Waals surface area (Å²) in [6.07, 6.45) is -4.44. The molecule has 0 fully saturated rings. The zero-order valence-corrected chi connectivity index (χ0v) is 10.6. The molecule has 0 aromatic heterocycles. The van der Waals surface area contributed by atoms with Crippen LogP contribution in [-0.4, -0.2) is 32.0 Å². The Balaban J connectivity index is 2.48. The lowest BCUT2D eigenvalue weighted by Gasteiger charge is -2.09. The number of carbonyl (C=O) groups excluding carboxylic acids is 1. The molecule has 0 unspecified atom stereocenters. The average molecular weight is 295 g/mol. The van der Waals surface area contributed by atoms with Crippen molar-refractivity contribution in [2.45, 2.75) is 13.1 Å². The molecule has 0 radical (unpaired) electrons. The van der Waals surface area contributed by atoms with Gasteiger partial charge in [-0.25, -0.2) is 9.18 Å². The second-order valence-electron chi connectivity index (χ2n) is 4.00. The van der Waals surface area contributed by atoms with Crippen molar-refractivity contribution in [3.63, 3.8) is 0 Å². The molecule has 0 saturated heterocycles. The molecule has 1 rings (SSSR count). The summed E-state index contributed by atoms with van der Waals surface area (Å²) in [4.78, 5) is 11.5. The fourth-order valence-corrected chi connectivity index (χ4v) is 1.40. The first kappa shape index (κ1) is 16.2. The fourth-order valence-electron chi connectivity index (χ4n) is 1.40. The maximum Gasteiger partial charge on any atom is 0.411 e. The summed E-state index contributed by atoms with van der Waals surface area (Å²) in [5.74, 6) is -1.78. The summed E-state index contributed by atoms with van der Waals surface area (Å²) in [6, 6.07) is 2.44. The summed E-state index contributed by atoms with van der Waals surface area (Å²) >= 11 is 0. The molecule has 0 aliphatic carbocycles. The van der Waals surface area contributed by atoms with E-state index in [9.17, 15) is 22.4 Å². The number of benzene rings is 1. The Labute approximate surface area is 112 Å². The van der Waals surface area contributed by atoms with E-state index in [-0.39, 0.29) is 16.8 Å². The lowest BCUT2D eigenvalue weighted by molar-refractivity contribution is -0.175. The van der Waals surface area contributed by atoms with Crippen LogP contribution in [0.4, 0.5) is 23.2 Å². The highest BCUT2D eigenvalue weighted by Crippen LogP contribution is 2.18. The summed E-state index contributed by atoms with van der Waals surface area (Å²) in [6.45, 7) is -0.860. The summed E-state index contributed by atoms with van der Waals surface area (Å²) < 4.78 is 57.7. The van der Waals surface area contributed by atoms with Crippen molar-refractivity contribution >= 4 is 11.7 Å². The van der Waals surface area contributed by atoms with Gasteiger partial charge in [0, 0.05) is 5.69 Å². The quantitative estimate of drug-likeness (QED) is 0.392. The molecule has 4 nitrogen and oxygen atoms in total. The maximum absolute atomic E-state index is 13.6. The molecule has 0 heterocycles. The van der Waals surface area contributed by atoms with Gasteiger partial charge in [0.1, 0.15) is 19.0 Å². The highest BCUT2D eigenvalue weighted by Gasteiger charge is 2.27. The maximum atomic E-state index is 13.6. The van der Waals surface area contributed by atoms with Crippen LogP contribution in [0.15, 0.2) is 12.1 Å². The van der Waals surface area contributed by atoms with Crippen molar-refractivity contribution < 1.29 is 31.8 Å². The van der Waals surface area contributed by atoms with Gasteiger partial charge in [-0.15, -0.1) is 0 Å².